The van der Waals surface area contributed by atoms with E-state index in [9.17, 15) is 9.59 Å². The molecule has 0 bridgehead atoms. The van der Waals surface area contributed by atoms with Gasteiger partial charge in [-0.15, -0.1) is 0 Å². The Kier molecular flexibility index (Phi) is 4.81. The number of hydrogen-bond acceptors (Lipinski definition) is 2. The lowest BCUT2D eigenvalue weighted by Crippen LogP contribution is -2.29. The fraction of sp³-hybridized carbons (Fsp3) is 0.467. The van der Waals surface area contributed by atoms with E-state index in [1.165, 1.54) is 0 Å². The van der Waals surface area contributed by atoms with E-state index in [4.69, 9.17) is 0 Å². The molecule has 20 heavy (non-hydrogen) atoms. The first-order chi connectivity index (χ1) is 9.47. The summed E-state index contributed by atoms with van der Waals surface area (Å²) in [5, 5.41) is 5.63. The van der Waals surface area contributed by atoms with Crippen molar-refractivity contribution in [1.29, 1.82) is 0 Å². The highest BCUT2D eigenvalue weighted by molar-refractivity contribution is 9.10. The third-order valence-corrected chi connectivity index (χ3v) is 4.43. The molecular weight excluding hydrogens is 320 g/mol. The van der Waals surface area contributed by atoms with Crippen LogP contribution in [0.1, 0.15) is 25.3 Å². The van der Waals surface area contributed by atoms with Gasteiger partial charge in [-0.3, -0.25) is 9.59 Å². The van der Waals surface area contributed by atoms with Crippen LogP contribution in [-0.2, 0) is 9.59 Å². The smallest absolute Gasteiger partial charge is 0.226 e. The van der Waals surface area contributed by atoms with Gasteiger partial charge in [-0.1, -0.05) is 22.9 Å². The van der Waals surface area contributed by atoms with E-state index in [0.717, 1.165) is 22.1 Å². The summed E-state index contributed by atoms with van der Waals surface area (Å²) < 4.78 is 1.02. The van der Waals surface area contributed by atoms with E-state index in [2.05, 4.69) is 33.5 Å². The molecule has 0 aliphatic heterocycles. The zero-order chi connectivity index (χ0) is 14.7. The highest BCUT2D eigenvalue weighted by Crippen LogP contribution is 2.37. The number of aryl methyl sites for hydroxylation is 1. The number of halogens is 1. The molecular formula is C15H19BrN2O2. The van der Waals surface area contributed by atoms with E-state index in [1.807, 2.05) is 25.1 Å². The summed E-state index contributed by atoms with van der Waals surface area (Å²) in [4.78, 5) is 23.4. The van der Waals surface area contributed by atoms with Crippen LogP contribution >= 0.6 is 15.9 Å². The molecule has 1 aromatic rings. The summed E-state index contributed by atoms with van der Waals surface area (Å²) in [5.41, 5.74) is 1.84. The van der Waals surface area contributed by atoms with Crippen LogP contribution in [0.25, 0.3) is 0 Å². The third-order valence-electron chi connectivity index (χ3n) is 3.54. The predicted molar refractivity (Wildman–Crippen MR) is 82.4 cm³/mol. The average molecular weight is 339 g/mol. The second kappa shape index (κ2) is 6.39. The van der Waals surface area contributed by atoms with Crippen LogP contribution in [0.5, 0.6) is 0 Å². The van der Waals surface area contributed by atoms with E-state index in [-0.39, 0.29) is 17.7 Å². The number of benzene rings is 1. The maximum Gasteiger partial charge on any atom is 0.226 e. The minimum Gasteiger partial charge on any atom is -0.355 e. The van der Waals surface area contributed by atoms with Crippen molar-refractivity contribution in [2.75, 3.05) is 11.9 Å². The minimum absolute atomic E-state index is 0.0739. The SMILES string of the molecule is Cc1cc(NC(=O)CCNC(=O)C2CC2C)ccc1Br. The number of nitrogens with one attached hydrogen (secondary N) is 2. The first-order valence-electron chi connectivity index (χ1n) is 6.81. The monoisotopic (exact) mass is 338 g/mol. The number of amides is 2. The molecule has 0 saturated heterocycles. The summed E-state index contributed by atoms with van der Waals surface area (Å²) >= 11 is 3.42. The molecule has 0 radical (unpaired) electrons. The first kappa shape index (κ1) is 15.0. The maximum atomic E-state index is 11.8. The van der Waals surface area contributed by atoms with Crippen molar-refractivity contribution in [2.24, 2.45) is 11.8 Å². The number of carbonyl (C=O) groups excluding carboxylic acids is 2. The zero-order valence-electron chi connectivity index (χ0n) is 11.7. The lowest BCUT2D eigenvalue weighted by molar-refractivity contribution is -0.122. The summed E-state index contributed by atoms with van der Waals surface area (Å²) in [6, 6.07) is 5.66. The van der Waals surface area contributed by atoms with Gasteiger partial charge in [-0.05, 0) is 43.0 Å². The highest BCUT2D eigenvalue weighted by atomic mass is 79.9. The van der Waals surface area contributed by atoms with E-state index >= 15 is 0 Å². The van der Waals surface area contributed by atoms with Gasteiger partial charge in [0.25, 0.3) is 0 Å². The Morgan fingerprint density at radius 1 is 1.40 bits per heavy atom. The van der Waals surface area contributed by atoms with Crippen LogP contribution in [0.3, 0.4) is 0 Å². The van der Waals surface area contributed by atoms with Crippen LogP contribution in [0.15, 0.2) is 22.7 Å². The molecule has 2 atom stereocenters. The average Bonchev–Trinajstić information content (AvgIpc) is 3.11. The standard InChI is InChI=1S/C15H19BrN2O2/c1-9-8-12(9)15(20)17-6-5-14(19)18-11-3-4-13(16)10(2)7-11/h3-4,7,9,12H,5-6,8H2,1-2H3,(H,17,20)(H,18,19). The highest BCUT2D eigenvalue weighted by Gasteiger charge is 2.38. The molecule has 1 fully saturated rings. The maximum absolute atomic E-state index is 11.8. The quantitative estimate of drug-likeness (QED) is 0.867. The van der Waals surface area contributed by atoms with Gasteiger partial charge in [-0.25, -0.2) is 0 Å². The Labute approximate surface area is 127 Å². The molecule has 5 heteroatoms. The van der Waals surface area contributed by atoms with E-state index in [0.29, 0.717) is 18.9 Å². The van der Waals surface area contributed by atoms with Gasteiger partial charge < -0.3 is 10.6 Å². The molecule has 0 heterocycles. The Bertz CT molecular complexity index is 531. The second-order valence-electron chi connectivity index (χ2n) is 5.37. The van der Waals surface area contributed by atoms with E-state index in [1.54, 1.807) is 0 Å². The van der Waals surface area contributed by atoms with Crippen molar-refractivity contribution in [3.63, 3.8) is 0 Å². The number of carbonyl (C=O) groups is 2. The molecule has 0 aromatic heterocycles. The number of rotatable bonds is 5. The fourth-order valence-electron chi connectivity index (χ4n) is 2.06. The van der Waals surface area contributed by atoms with Gasteiger partial charge in [0.15, 0.2) is 0 Å². The van der Waals surface area contributed by atoms with Gasteiger partial charge >= 0.3 is 0 Å². The summed E-state index contributed by atoms with van der Waals surface area (Å²) in [6.07, 6.45) is 1.26. The van der Waals surface area contributed by atoms with E-state index < -0.39 is 0 Å². The fourth-order valence-corrected chi connectivity index (χ4v) is 2.31. The molecule has 1 aliphatic carbocycles. The van der Waals surface area contributed by atoms with Gasteiger partial charge in [0.2, 0.25) is 11.8 Å². The van der Waals surface area contributed by atoms with Crippen molar-refractivity contribution < 1.29 is 9.59 Å². The van der Waals surface area contributed by atoms with Crippen LogP contribution in [0, 0.1) is 18.8 Å². The molecule has 1 aromatic carbocycles. The topological polar surface area (TPSA) is 58.2 Å². The lowest BCUT2D eigenvalue weighted by atomic mass is 10.2. The number of anilines is 1. The molecule has 4 nitrogen and oxygen atoms in total. The molecule has 2 amide bonds. The Balaban J connectivity index is 1.72. The Morgan fingerprint density at radius 3 is 2.70 bits per heavy atom. The second-order valence-corrected chi connectivity index (χ2v) is 6.23. The summed E-state index contributed by atoms with van der Waals surface area (Å²) in [5.74, 6) is 0.641. The number of hydrogen-bond donors (Lipinski definition) is 2. The molecule has 108 valence electrons. The predicted octanol–water partition coefficient (Wildman–Crippen LogP) is 2.86. The first-order valence-corrected chi connectivity index (χ1v) is 7.60. The lowest BCUT2D eigenvalue weighted by Gasteiger charge is -2.08. The minimum atomic E-state index is -0.0872. The third kappa shape index (κ3) is 4.07. The van der Waals surface area contributed by atoms with Gasteiger partial charge in [0, 0.05) is 29.0 Å². The zero-order valence-corrected chi connectivity index (χ0v) is 13.3. The van der Waals surface area contributed by atoms with Crippen molar-refractivity contribution in [3.05, 3.63) is 28.2 Å². The van der Waals surface area contributed by atoms with Crippen LogP contribution in [0.4, 0.5) is 5.69 Å². The van der Waals surface area contributed by atoms with Crippen molar-refractivity contribution >= 4 is 33.4 Å². The normalized spacial score (nSPS) is 20.4. The summed E-state index contributed by atoms with van der Waals surface area (Å²) in [7, 11) is 0. The van der Waals surface area contributed by atoms with Gasteiger partial charge in [0.1, 0.15) is 0 Å². The Morgan fingerprint density at radius 2 is 2.10 bits per heavy atom. The van der Waals surface area contributed by atoms with Crippen molar-refractivity contribution in [1.82, 2.24) is 5.32 Å². The van der Waals surface area contributed by atoms with Crippen LogP contribution in [0.2, 0.25) is 0 Å². The van der Waals surface area contributed by atoms with Crippen molar-refractivity contribution in [2.45, 2.75) is 26.7 Å². The van der Waals surface area contributed by atoms with Crippen LogP contribution < -0.4 is 10.6 Å². The van der Waals surface area contributed by atoms with Gasteiger partial charge in [0.05, 0.1) is 0 Å². The molecule has 2 rings (SSSR count). The largest absolute Gasteiger partial charge is 0.355 e. The molecule has 2 N–H and O–H groups in total. The molecule has 2 unspecified atom stereocenters. The van der Waals surface area contributed by atoms with Crippen LogP contribution in [-0.4, -0.2) is 18.4 Å². The molecule has 1 aliphatic rings. The summed E-state index contributed by atoms with van der Waals surface area (Å²) in [6.45, 7) is 4.42. The molecule has 1 saturated carbocycles. The molecule has 0 spiro atoms. The van der Waals surface area contributed by atoms with Gasteiger partial charge in [-0.2, -0.15) is 0 Å². The van der Waals surface area contributed by atoms with Crippen molar-refractivity contribution in [3.8, 4) is 0 Å². The Hall–Kier alpha value is -1.36.